The van der Waals surface area contributed by atoms with Gasteiger partial charge in [0.1, 0.15) is 0 Å². The number of hydrogen-bond donors (Lipinski definition) is 1. The Labute approximate surface area is 191 Å². The van der Waals surface area contributed by atoms with Gasteiger partial charge in [0, 0.05) is 24.2 Å². The Morgan fingerprint density at radius 2 is 1.18 bits per heavy atom. The van der Waals surface area contributed by atoms with Crippen molar-refractivity contribution in [1.82, 2.24) is 9.88 Å². The molecule has 4 aromatic rings. The number of hydrogen-bond acceptors (Lipinski definition) is 3. The van der Waals surface area contributed by atoms with Crippen LogP contribution in [0.2, 0.25) is 0 Å². The van der Waals surface area contributed by atoms with Crippen LogP contribution in [0.25, 0.3) is 0 Å². The van der Waals surface area contributed by atoms with Crippen LogP contribution < -0.4 is 5.56 Å². The minimum atomic E-state index is -0.311. The maximum atomic E-state index is 12.7. The summed E-state index contributed by atoms with van der Waals surface area (Å²) in [5.74, 6) is -0.674. The zero-order valence-corrected chi connectivity index (χ0v) is 17.9. The van der Waals surface area contributed by atoms with Crippen molar-refractivity contribution in [3.05, 3.63) is 141 Å². The molecule has 2 heterocycles. The topological polar surface area (TPSA) is 70.2 Å². The number of benzene rings is 3. The van der Waals surface area contributed by atoms with E-state index in [0.717, 1.165) is 16.7 Å². The van der Waals surface area contributed by atoms with Crippen molar-refractivity contribution in [2.75, 3.05) is 6.54 Å². The van der Waals surface area contributed by atoms with E-state index in [1.165, 1.54) is 4.90 Å². The van der Waals surface area contributed by atoms with Crippen molar-refractivity contribution in [3.63, 3.8) is 0 Å². The summed E-state index contributed by atoms with van der Waals surface area (Å²) in [7, 11) is 0. The van der Waals surface area contributed by atoms with Crippen LogP contribution in [0.1, 0.15) is 48.9 Å². The van der Waals surface area contributed by atoms with Crippen molar-refractivity contribution in [2.24, 2.45) is 0 Å². The number of nitrogens with zero attached hydrogens (tertiary/aromatic N) is 1. The van der Waals surface area contributed by atoms with Crippen LogP contribution in [-0.2, 0) is 6.42 Å². The number of nitrogens with one attached hydrogen (secondary N) is 1. The Balaban J connectivity index is 1.45. The smallest absolute Gasteiger partial charge is 0.261 e. The second kappa shape index (κ2) is 8.71. The molecule has 1 N–H and O–H groups in total. The van der Waals surface area contributed by atoms with Gasteiger partial charge < -0.3 is 4.98 Å². The molecule has 0 atom stereocenters. The number of aromatic nitrogens is 1. The van der Waals surface area contributed by atoms with Gasteiger partial charge in [-0.15, -0.1) is 0 Å². The average Bonchev–Trinajstić information content (AvgIpc) is 3.10. The van der Waals surface area contributed by atoms with Crippen LogP contribution in [-0.4, -0.2) is 28.2 Å². The summed E-state index contributed by atoms with van der Waals surface area (Å²) in [6, 6.07) is 28.9. The normalized spacial score (nSPS) is 12.9. The molecule has 3 aromatic carbocycles. The minimum Gasteiger partial charge on any atom is -0.329 e. The van der Waals surface area contributed by atoms with Gasteiger partial charge in [-0.25, -0.2) is 0 Å². The van der Waals surface area contributed by atoms with E-state index in [9.17, 15) is 14.4 Å². The van der Waals surface area contributed by atoms with Gasteiger partial charge in [-0.05, 0) is 41.3 Å². The van der Waals surface area contributed by atoms with Crippen LogP contribution in [0.4, 0.5) is 0 Å². The van der Waals surface area contributed by atoms with E-state index in [2.05, 4.69) is 29.2 Å². The molecule has 0 bridgehead atoms. The molecule has 1 aromatic heterocycles. The second-order valence-corrected chi connectivity index (χ2v) is 8.10. The highest BCUT2D eigenvalue weighted by Crippen LogP contribution is 2.31. The Bertz CT molecular complexity index is 1300. The van der Waals surface area contributed by atoms with E-state index in [0.29, 0.717) is 16.7 Å². The highest BCUT2D eigenvalue weighted by molar-refractivity contribution is 6.21. The monoisotopic (exact) mass is 434 g/mol. The number of imide groups is 1. The highest BCUT2D eigenvalue weighted by Gasteiger charge is 2.34. The van der Waals surface area contributed by atoms with E-state index in [1.807, 2.05) is 42.5 Å². The van der Waals surface area contributed by atoms with Crippen LogP contribution >= 0.6 is 0 Å². The summed E-state index contributed by atoms with van der Waals surface area (Å²) >= 11 is 0. The zero-order chi connectivity index (χ0) is 22.8. The van der Waals surface area contributed by atoms with E-state index in [4.69, 9.17) is 0 Å². The summed E-state index contributed by atoms with van der Waals surface area (Å²) in [6.45, 7) is 0.153. The zero-order valence-electron chi connectivity index (χ0n) is 17.9. The SMILES string of the molecule is O=C1c2ccccc2C(=O)N1CCc1cc(C(c2ccccc2)c2ccccc2)c[nH]c1=O. The lowest BCUT2D eigenvalue weighted by atomic mass is 9.85. The van der Waals surface area contributed by atoms with E-state index in [1.54, 1.807) is 30.5 Å². The fourth-order valence-electron chi connectivity index (χ4n) is 4.45. The molecule has 0 aliphatic carbocycles. The minimum absolute atomic E-state index is 0.0534. The third kappa shape index (κ3) is 3.89. The molecule has 0 saturated heterocycles. The number of carbonyl (C=O) groups is 2. The number of rotatable bonds is 6. The molecule has 162 valence electrons. The van der Waals surface area contributed by atoms with Gasteiger partial charge in [0.15, 0.2) is 0 Å². The molecule has 1 aliphatic rings. The molecule has 5 rings (SSSR count). The van der Waals surface area contributed by atoms with Gasteiger partial charge in [0.05, 0.1) is 11.1 Å². The number of H-pyrrole nitrogens is 1. The summed E-state index contributed by atoms with van der Waals surface area (Å²) in [4.78, 5) is 42.0. The molecule has 0 saturated carbocycles. The van der Waals surface area contributed by atoms with Gasteiger partial charge >= 0.3 is 0 Å². The highest BCUT2D eigenvalue weighted by atomic mass is 16.2. The Kier molecular flexibility index (Phi) is 5.45. The number of fused-ring (bicyclic) bond motifs is 1. The standard InChI is InChI=1S/C28H22N2O3/c31-26-21(15-16-30-27(32)23-13-7-8-14-24(23)28(30)33)17-22(18-29-26)25(19-9-3-1-4-10-19)20-11-5-2-6-12-20/h1-14,17-18,25H,15-16H2,(H,29,31). The number of aromatic amines is 1. The second-order valence-electron chi connectivity index (χ2n) is 8.10. The summed E-state index contributed by atoms with van der Waals surface area (Å²) in [5.41, 5.74) is 4.33. The van der Waals surface area contributed by atoms with Gasteiger partial charge in [-0.3, -0.25) is 19.3 Å². The van der Waals surface area contributed by atoms with Gasteiger partial charge in [-0.1, -0.05) is 72.8 Å². The molecule has 5 nitrogen and oxygen atoms in total. The van der Waals surface area contributed by atoms with Crippen LogP contribution in [0.5, 0.6) is 0 Å². The Morgan fingerprint density at radius 1 is 0.667 bits per heavy atom. The quantitative estimate of drug-likeness (QED) is 0.458. The lowest BCUT2D eigenvalue weighted by Gasteiger charge is -2.20. The molecular formula is C28H22N2O3. The first-order valence-corrected chi connectivity index (χ1v) is 10.9. The van der Waals surface area contributed by atoms with Gasteiger partial charge in [0.2, 0.25) is 0 Å². The molecule has 0 fully saturated rings. The van der Waals surface area contributed by atoms with E-state index in [-0.39, 0.29) is 36.3 Å². The average molecular weight is 434 g/mol. The number of amides is 2. The van der Waals surface area contributed by atoms with Crippen molar-refractivity contribution >= 4 is 11.8 Å². The molecule has 0 radical (unpaired) electrons. The number of pyridine rings is 1. The molecule has 1 aliphatic heterocycles. The maximum Gasteiger partial charge on any atom is 0.261 e. The van der Waals surface area contributed by atoms with Crippen LogP contribution in [0.3, 0.4) is 0 Å². The van der Waals surface area contributed by atoms with E-state index >= 15 is 0 Å². The van der Waals surface area contributed by atoms with E-state index < -0.39 is 0 Å². The van der Waals surface area contributed by atoms with Crippen LogP contribution in [0, 0.1) is 0 Å². The molecule has 0 unspecified atom stereocenters. The molecule has 5 heteroatoms. The van der Waals surface area contributed by atoms with Crippen molar-refractivity contribution in [2.45, 2.75) is 12.3 Å². The van der Waals surface area contributed by atoms with Crippen LogP contribution in [0.15, 0.2) is 102 Å². The molecule has 2 amide bonds. The predicted molar refractivity (Wildman–Crippen MR) is 126 cm³/mol. The third-order valence-corrected chi connectivity index (χ3v) is 6.08. The predicted octanol–water partition coefficient (Wildman–Crippen LogP) is 4.39. The lowest BCUT2D eigenvalue weighted by molar-refractivity contribution is 0.0656. The molecule has 33 heavy (non-hydrogen) atoms. The van der Waals surface area contributed by atoms with Crippen molar-refractivity contribution < 1.29 is 9.59 Å². The summed E-state index contributed by atoms with van der Waals surface area (Å²) < 4.78 is 0. The molecule has 0 spiro atoms. The van der Waals surface area contributed by atoms with Gasteiger partial charge in [-0.2, -0.15) is 0 Å². The fraction of sp³-hybridized carbons (Fsp3) is 0.107. The first-order valence-electron chi connectivity index (χ1n) is 10.9. The molecular weight excluding hydrogens is 412 g/mol. The fourth-order valence-corrected chi connectivity index (χ4v) is 4.45. The third-order valence-electron chi connectivity index (χ3n) is 6.08. The van der Waals surface area contributed by atoms with Crippen molar-refractivity contribution in [1.29, 1.82) is 0 Å². The lowest BCUT2D eigenvalue weighted by Crippen LogP contribution is -2.32. The first kappa shape index (κ1) is 20.6. The Hall–Kier alpha value is -4.25. The largest absolute Gasteiger partial charge is 0.329 e. The van der Waals surface area contributed by atoms with Crippen molar-refractivity contribution in [3.8, 4) is 0 Å². The summed E-state index contributed by atoms with van der Waals surface area (Å²) in [6.07, 6.45) is 2.03. The van der Waals surface area contributed by atoms with Gasteiger partial charge in [0.25, 0.3) is 17.4 Å². The number of carbonyl (C=O) groups excluding carboxylic acids is 2. The summed E-state index contributed by atoms with van der Waals surface area (Å²) in [5, 5.41) is 0. The Morgan fingerprint density at radius 3 is 1.73 bits per heavy atom. The first-order chi connectivity index (χ1) is 16.1. The maximum absolute atomic E-state index is 12.7.